The van der Waals surface area contributed by atoms with Gasteiger partial charge in [0.25, 0.3) is 11.8 Å². The minimum absolute atomic E-state index is 0.0480. The lowest BCUT2D eigenvalue weighted by Crippen LogP contribution is -2.44. The molecule has 35 heavy (non-hydrogen) atoms. The van der Waals surface area contributed by atoms with E-state index in [1.807, 2.05) is 19.1 Å². The standard InChI is InChI=1S/C26H27N5O4/c1-3-6-22(30-13-11-27-12-14-30)20(4-2)29-24(32)21-7-5-8-23(28-21)31-16-18-10-9-17(26(34)35)15-19(18)25(31)33/h3-10,15,27H,1,11-14,16H2,2H3,(H,29,32)(H,34,35)/b20-4+,22-6+. The lowest BCUT2D eigenvalue weighted by Gasteiger charge is -2.32. The van der Waals surface area contributed by atoms with E-state index < -0.39 is 11.9 Å². The quantitative estimate of drug-likeness (QED) is 0.530. The number of fused-ring (bicyclic) bond motifs is 1. The summed E-state index contributed by atoms with van der Waals surface area (Å²) in [5.74, 6) is -1.53. The molecule has 2 aliphatic heterocycles. The van der Waals surface area contributed by atoms with E-state index in [1.54, 1.807) is 30.3 Å². The molecule has 3 N–H and O–H groups in total. The van der Waals surface area contributed by atoms with Crippen LogP contribution < -0.4 is 15.5 Å². The predicted octanol–water partition coefficient (Wildman–Crippen LogP) is 2.55. The summed E-state index contributed by atoms with van der Waals surface area (Å²) in [6.07, 6.45) is 5.40. The first-order valence-electron chi connectivity index (χ1n) is 11.3. The average Bonchev–Trinajstić information content (AvgIpc) is 3.22. The van der Waals surface area contributed by atoms with Gasteiger partial charge in [-0.05, 0) is 42.8 Å². The second-order valence-electron chi connectivity index (χ2n) is 8.13. The Labute approximate surface area is 203 Å². The maximum Gasteiger partial charge on any atom is 0.335 e. The predicted molar refractivity (Wildman–Crippen MR) is 132 cm³/mol. The number of pyridine rings is 1. The van der Waals surface area contributed by atoms with Gasteiger partial charge in [0.15, 0.2) is 0 Å². The molecule has 1 aromatic carbocycles. The van der Waals surface area contributed by atoms with E-state index >= 15 is 0 Å². The number of carboxylic acids is 1. The molecule has 0 unspecified atom stereocenters. The van der Waals surface area contributed by atoms with Crippen molar-refractivity contribution in [2.75, 3.05) is 31.1 Å². The van der Waals surface area contributed by atoms with Gasteiger partial charge in [0.05, 0.1) is 23.5 Å². The third-order valence-corrected chi connectivity index (χ3v) is 5.95. The monoisotopic (exact) mass is 473 g/mol. The second-order valence-corrected chi connectivity index (χ2v) is 8.13. The molecular weight excluding hydrogens is 446 g/mol. The number of benzene rings is 1. The Balaban J connectivity index is 1.54. The van der Waals surface area contributed by atoms with Crippen molar-refractivity contribution >= 4 is 23.6 Å². The number of aromatic nitrogens is 1. The highest BCUT2D eigenvalue weighted by Gasteiger charge is 2.30. The Morgan fingerprint density at radius 2 is 1.97 bits per heavy atom. The van der Waals surface area contributed by atoms with Crippen molar-refractivity contribution in [2.24, 2.45) is 0 Å². The fraction of sp³-hybridized carbons (Fsp3) is 0.231. The van der Waals surface area contributed by atoms with E-state index in [-0.39, 0.29) is 23.7 Å². The van der Waals surface area contributed by atoms with Crippen LogP contribution in [0.1, 0.15) is 43.7 Å². The van der Waals surface area contributed by atoms with Crippen molar-refractivity contribution in [3.8, 4) is 0 Å². The SMILES string of the molecule is C=C/C=C(\C(=C/C)NC(=O)c1cccc(N2Cc3ccc(C(=O)O)cc3C2=O)n1)N1CCNCC1. The maximum absolute atomic E-state index is 13.1. The van der Waals surface area contributed by atoms with Gasteiger partial charge in [-0.15, -0.1) is 0 Å². The molecule has 0 saturated carbocycles. The molecule has 2 aliphatic rings. The zero-order valence-corrected chi connectivity index (χ0v) is 19.5. The number of amides is 2. The molecule has 0 radical (unpaired) electrons. The molecule has 9 nitrogen and oxygen atoms in total. The Kier molecular flexibility index (Phi) is 7.07. The van der Waals surface area contributed by atoms with E-state index in [2.05, 4.69) is 27.1 Å². The Morgan fingerprint density at radius 3 is 2.66 bits per heavy atom. The lowest BCUT2D eigenvalue weighted by atomic mass is 10.1. The number of allylic oxidation sites excluding steroid dienone is 3. The number of piperazine rings is 1. The molecule has 180 valence electrons. The molecule has 1 aromatic heterocycles. The number of carbonyl (C=O) groups is 3. The third kappa shape index (κ3) is 4.99. The highest BCUT2D eigenvalue weighted by Crippen LogP contribution is 2.28. The van der Waals surface area contributed by atoms with Crippen molar-refractivity contribution in [1.29, 1.82) is 0 Å². The molecule has 0 bridgehead atoms. The van der Waals surface area contributed by atoms with Gasteiger partial charge >= 0.3 is 5.97 Å². The number of nitrogens with zero attached hydrogens (tertiary/aromatic N) is 3. The van der Waals surface area contributed by atoms with Gasteiger partial charge in [-0.2, -0.15) is 0 Å². The Hall–Kier alpha value is -4.24. The molecule has 2 amide bonds. The summed E-state index contributed by atoms with van der Waals surface area (Å²) in [6, 6.07) is 9.39. The fourth-order valence-electron chi connectivity index (χ4n) is 4.17. The summed E-state index contributed by atoms with van der Waals surface area (Å²) in [7, 11) is 0. The van der Waals surface area contributed by atoms with E-state index in [4.69, 9.17) is 0 Å². The van der Waals surface area contributed by atoms with Crippen LogP contribution in [0.4, 0.5) is 5.82 Å². The molecule has 1 saturated heterocycles. The first-order chi connectivity index (χ1) is 16.9. The van der Waals surface area contributed by atoms with Gasteiger partial charge in [-0.25, -0.2) is 9.78 Å². The van der Waals surface area contributed by atoms with E-state index in [1.165, 1.54) is 17.0 Å². The van der Waals surface area contributed by atoms with Gasteiger partial charge in [-0.3, -0.25) is 14.5 Å². The van der Waals surface area contributed by atoms with Gasteiger partial charge < -0.3 is 20.6 Å². The lowest BCUT2D eigenvalue weighted by molar-refractivity contribution is 0.0696. The summed E-state index contributed by atoms with van der Waals surface area (Å²) in [5, 5.41) is 15.5. The summed E-state index contributed by atoms with van der Waals surface area (Å²) in [4.78, 5) is 45.4. The van der Waals surface area contributed by atoms with Crippen LogP contribution in [0.2, 0.25) is 0 Å². The minimum Gasteiger partial charge on any atom is -0.478 e. The summed E-state index contributed by atoms with van der Waals surface area (Å²) in [6.45, 7) is 9.22. The topological polar surface area (TPSA) is 115 Å². The van der Waals surface area contributed by atoms with Crippen LogP contribution in [0.25, 0.3) is 0 Å². The van der Waals surface area contributed by atoms with Crippen molar-refractivity contribution in [1.82, 2.24) is 20.5 Å². The number of hydrogen-bond donors (Lipinski definition) is 3. The van der Waals surface area contributed by atoms with Crippen molar-refractivity contribution in [3.63, 3.8) is 0 Å². The van der Waals surface area contributed by atoms with Gasteiger partial charge in [0.1, 0.15) is 11.5 Å². The number of hydrogen-bond acceptors (Lipinski definition) is 6. The van der Waals surface area contributed by atoms with Crippen LogP contribution >= 0.6 is 0 Å². The minimum atomic E-state index is -1.10. The number of anilines is 1. The second kappa shape index (κ2) is 10.4. The van der Waals surface area contributed by atoms with Gasteiger partial charge in [-0.1, -0.05) is 30.9 Å². The zero-order chi connectivity index (χ0) is 24.9. The molecule has 0 atom stereocenters. The normalized spacial score (nSPS) is 16.2. The highest BCUT2D eigenvalue weighted by atomic mass is 16.4. The van der Waals surface area contributed by atoms with E-state index in [0.29, 0.717) is 22.6 Å². The Bertz CT molecular complexity index is 1240. The van der Waals surface area contributed by atoms with Crippen LogP contribution in [-0.2, 0) is 6.54 Å². The fourth-order valence-corrected chi connectivity index (χ4v) is 4.17. The molecule has 9 heteroatoms. The number of carbonyl (C=O) groups excluding carboxylic acids is 2. The number of carboxylic acid groups (broad SMARTS) is 1. The number of aromatic carboxylic acids is 1. The summed E-state index contributed by atoms with van der Waals surface area (Å²) < 4.78 is 0. The van der Waals surface area contributed by atoms with E-state index in [9.17, 15) is 19.5 Å². The van der Waals surface area contributed by atoms with Crippen LogP contribution in [0, 0.1) is 0 Å². The van der Waals surface area contributed by atoms with Gasteiger partial charge in [0, 0.05) is 31.7 Å². The first kappa shape index (κ1) is 23.9. The van der Waals surface area contributed by atoms with Crippen LogP contribution in [0.5, 0.6) is 0 Å². The van der Waals surface area contributed by atoms with Crippen LogP contribution in [0.3, 0.4) is 0 Å². The smallest absolute Gasteiger partial charge is 0.335 e. The third-order valence-electron chi connectivity index (χ3n) is 5.95. The molecule has 1 fully saturated rings. The highest BCUT2D eigenvalue weighted by molar-refractivity contribution is 6.10. The van der Waals surface area contributed by atoms with E-state index in [0.717, 1.165) is 31.9 Å². The number of nitrogens with one attached hydrogen (secondary N) is 2. The molecule has 2 aromatic rings. The van der Waals surface area contributed by atoms with Crippen LogP contribution in [-0.4, -0.2) is 59.0 Å². The van der Waals surface area contributed by atoms with Crippen molar-refractivity contribution in [2.45, 2.75) is 13.5 Å². The molecule has 0 aliphatic carbocycles. The van der Waals surface area contributed by atoms with Crippen molar-refractivity contribution < 1.29 is 19.5 Å². The molecular formula is C26H27N5O4. The molecule has 4 rings (SSSR count). The molecule has 3 heterocycles. The molecule has 0 spiro atoms. The average molecular weight is 474 g/mol. The summed E-state index contributed by atoms with van der Waals surface area (Å²) in [5.41, 5.74) is 2.76. The number of rotatable bonds is 7. The maximum atomic E-state index is 13.1. The first-order valence-corrected chi connectivity index (χ1v) is 11.3. The largest absolute Gasteiger partial charge is 0.478 e. The summed E-state index contributed by atoms with van der Waals surface area (Å²) >= 11 is 0. The van der Waals surface area contributed by atoms with Crippen molar-refractivity contribution in [3.05, 3.63) is 95.0 Å². The zero-order valence-electron chi connectivity index (χ0n) is 19.5. The van der Waals surface area contributed by atoms with Gasteiger partial charge in [0.2, 0.25) is 0 Å². The van der Waals surface area contributed by atoms with Crippen LogP contribution in [0.15, 0.2) is 72.6 Å². The Morgan fingerprint density at radius 1 is 1.20 bits per heavy atom.